The Bertz CT molecular complexity index is 375. The molecule has 96 valence electrons. The van der Waals surface area contributed by atoms with Gasteiger partial charge >= 0.3 is 0 Å². The van der Waals surface area contributed by atoms with E-state index in [9.17, 15) is 8.78 Å². The Labute approximate surface area is 103 Å². The lowest BCUT2D eigenvalue weighted by Crippen LogP contribution is -2.09. The maximum Gasteiger partial charge on any atom is 0.272 e. The number of benzene rings is 1. The number of halogens is 3. The van der Waals surface area contributed by atoms with Crippen LogP contribution >= 0.6 is 11.6 Å². The van der Waals surface area contributed by atoms with Crippen molar-refractivity contribution in [1.82, 2.24) is 0 Å². The fraction of sp³-hybridized carbons (Fsp3) is 0.455. The summed E-state index contributed by atoms with van der Waals surface area (Å²) in [6.07, 6.45) is -1.93. The monoisotopic (exact) mass is 265 g/mol. The summed E-state index contributed by atoms with van der Waals surface area (Å²) in [4.78, 5) is 0. The minimum absolute atomic E-state index is 0.134. The molecular formula is C11H14ClF2NO2. The van der Waals surface area contributed by atoms with Crippen molar-refractivity contribution < 1.29 is 18.3 Å². The molecule has 3 nitrogen and oxygen atoms in total. The van der Waals surface area contributed by atoms with Crippen LogP contribution in [0.5, 0.6) is 11.5 Å². The molecular weight excluding hydrogens is 252 g/mol. The average molecular weight is 266 g/mol. The maximum atomic E-state index is 12.1. The first kappa shape index (κ1) is 14.0. The van der Waals surface area contributed by atoms with Gasteiger partial charge in [-0.15, -0.1) is 0 Å². The van der Waals surface area contributed by atoms with Gasteiger partial charge < -0.3 is 15.2 Å². The second kappa shape index (κ2) is 6.61. The Kier molecular flexibility index (Phi) is 5.44. The molecule has 0 amide bonds. The molecule has 0 aliphatic rings. The molecule has 1 rings (SSSR count). The number of rotatable bonds is 6. The number of hydrogen-bond acceptors (Lipinski definition) is 3. The number of hydrogen-bond donors (Lipinski definition) is 1. The van der Waals surface area contributed by atoms with Gasteiger partial charge in [0.15, 0.2) is 11.5 Å². The number of ether oxygens (including phenoxy) is 2. The van der Waals surface area contributed by atoms with Gasteiger partial charge in [0.1, 0.15) is 6.61 Å². The predicted octanol–water partition coefficient (Wildman–Crippen LogP) is 2.49. The Balaban J connectivity index is 2.95. The zero-order valence-corrected chi connectivity index (χ0v) is 10.1. The highest BCUT2D eigenvalue weighted by Gasteiger charge is 2.14. The van der Waals surface area contributed by atoms with Gasteiger partial charge in [-0.1, -0.05) is 11.6 Å². The first-order chi connectivity index (χ1) is 8.08. The normalized spacial score (nSPS) is 10.7. The van der Waals surface area contributed by atoms with Gasteiger partial charge in [0.05, 0.1) is 12.1 Å². The highest BCUT2D eigenvalue weighted by molar-refractivity contribution is 6.32. The zero-order chi connectivity index (χ0) is 12.8. The van der Waals surface area contributed by atoms with Gasteiger partial charge in [0.25, 0.3) is 6.43 Å². The van der Waals surface area contributed by atoms with Crippen LogP contribution in [0.4, 0.5) is 8.78 Å². The van der Waals surface area contributed by atoms with E-state index in [0.29, 0.717) is 18.7 Å². The van der Waals surface area contributed by atoms with Crippen molar-refractivity contribution in [2.24, 2.45) is 5.73 Å². The van der Waals surface area contributed by atoms with E-state index in [1.165, 1.54) is 7.11 Å². The minimum Gasteiger partial charge on any atom is -0.493 e. The van der Waals surface area contributed by atoms with E-state index < -0.39 is 13.0 Å². The van der Waals surface area contributed by atoms with Crippen LogP contribution in [0.1, 0.15) is 5.56 Å². The highest BCUT2D eigenvalue weighted by atomic mass is 35.5. The molecule has 0 aromatic heterocycles. The topological polar surface area (TPSA) is 44.5 Å². The predicted molar refractivity (Wildman–Crippen MR) is 62.3 cm³/mol. The summed E-state index contributed by atoms with van der Waals surface area (Å²) in [6.45, 7) is -0.247. The van der Waals surface area contributed by atoms with E-state index in [-0.39, 0.29) is 10.8 Å². The van der Waals surface area contributed by atoms with Gasteiger partial charge in [-0.3, -0.25) is 0 Å². The molecule has 0 saturated carbocycles. The third-order valence-corrected chi connectivity index (χ3v) is 2.36. The van der Waals surface area contributed by atoms with E-state index in [0.717, 1.165) is 5.56 Å². The van der Waals surface area contributed by atoms with E-state index in [2.05, 4.69) is 0 Å². The summed E-state index contributed by atoms with van der Waals surface area (Å²) in [5, 5.41) is 0.244. The molecule has 1 aromatic carbocycles. The van der Waals surface area contributed by atoms with Crippen LogP contribution in [0.3, 0.4) is 0 Å². The number of nitrogens with two attached hydrogens (primary N) is 1. The van der Waals surface area contributed by atoms with Crippen LogP contribution in [0.15, 0.2) is 12.1 Å². The van der Waals surface area contributed by atoms with Crippen LogP contribution in [0.25, 0.3) is 0 Å². The summed E-state index contributed by atoms with van der Waals surface area (Å²) in [6, 6.07) is 3.32. The molecule has 0 aliphatic heterocycles. The molecule has 0 radical (unpaired) electrons. The van der Waals surface area contributed by atoms with Crippen LogP contribution in [0.2, 0.25) is 5.02 Å². The number of methoxy groups -OCH3 is 1. The molecule has 0 aliphatic carbocycles. The molecule has 0 atom stereocenters. The second-order valence-corrected chi connectivity index (χ2v) is 3.76. The van der Waals surface area contributed by atoms with Crippen molar-refractivity contribution in [3.8, 4) is 11.5 Å². The smallest absolute Gasteiger partial charge is 0.272 e. The van der Waals surface area contributed by atoms with E-state index in [4.69, 9.17) is 26.8 Å². The van der Waals surface area contributed by atoms with Gasteiger partial charge in [-0.05, 0) is 30.7 Å². The summed E-state index contributed by atoms with van der Waals surface area (Å²) in [5.74, 6) is 0.469. The third-order valence-electron chi connectivity index (χ3n) is 2.08. The summed E-state index contributed by atoms with van der Waals surface area (Å²) >= 11 is 5.94. The Morgan fingerprint density at radius 2 is 2.12 bits per heavy atom. The quantitative estimate of drug-likeness (QED) is 0.859. The standard InChI is InChI=1S/C11H14ClF2NO2/c1-16-9-5-7(2-3-15)4-8(12)11(9)17-6-10(13)14/h4-5,10H,2-3,6,15H2,1H3. The van der Waals surface area contributed by atoms with E-state index >= 15 is 0 Å². The summed E-state index contributed by atoms with van der Waals surface area (Å²) in [5.41, 5.74) is 6.30. The largest absolute Gasteiger partial charge is 0.493 e. The van der Waals surface area contributed by atoms with Gasteiger partial charge in [-0.25, -0.2) is 8.78 Å². The molecule has 2 N–H and O–H groups in total. The van der Waals surface area contributed by atoms with Gasteiger partial charge in [-0.2, -0.15) is 0 Å². The molecule has 1 aromatic rings. The van der Waals surface area contributed by atoms with Crippen molar-refractivity contribution in [3.05, 3.63) is 22.7 Å². The summed E-state index contributed by atoms with van der Waals surface area (Å²) < 4.78 is 34.1. The van der Waals surface area contributed by atoms with Crippen LogP contribution < -0.4 is 15.2 Å². The fourth-order valence-corrected chi connectivity index (χ4v) is 1.66. The fourth-order valence-electron chi connectivity index (χ4n) is 1.37. The third kappa shape index (κ3) is 4.02. The molecule has 0 saturated heterocycles. The van der Waals surface area contributed by atoms with Crippen LogP contribution in [0, 0.1) is 0 Å². The lowest BCUT2D eigenvalue weighted by molar-refractivity contribution is 0.0805. The van der Waals surface area contributed by atoms with Crippen LogP contribution in [-0.4, -0.2) is 26.7 Å². The van der Waals surface area contributed by atoms with E-state index in [1.807, 2.05) is 0 Å². The van der Waals surface area contributed by atoms with Crippen molar-refractivity contribution in [2.45, 2.75) is 12.8 Å². The zero-order valence-electron chi connectivity index (χ0n) is 9.38. The molecule has 6 heteroatoms. The minimum atomic E-state index is -2.56. The lowest BCUT2D eigenvalue weighted by Gasteiger charge is -2.13. The van der Waals surface area contributed by atoms with Crippen molar-refractivity contribution in [1.29, 1.82) is 0 Å². The second-order valence-electron chi connectivity index (χ2n) is 3.35. The van der Waals surface area contributed by atoms with E-state index in [1.54, 1.807) is 12.1 Å². The molecule has 17 heavy (non-hydrogen) atoms. The van der Waals surface area contributed by atoms with Gasteiger partial charge in [0, 0.05) is 0 Å². The van der Waals surface area contributed by atoms with Gasteiger partial charge in [0.2, 0.25) is 0 Å². The molecule has 0 heterocycles. The lowest BCUT2D eigenvalue weighted by atomic mass is 10.1. The first-order valence-electron chi connectivity index (χ1n) is 5.06. The number of alkyl halides is 2. The van der Waals surface area contributed by atoms with Crippen molar-refractivity contribution in [3.63, 3.8) is 0 Å². The Morgan fingerprint density at radius 1 is 1.41 bits per heavy atom. The molecule has 0 spiro atoms. The summed E-state index contributed by atoms with van der Waals surface area (Å²) in [7, 11) is 1.42. The SMILES string of the molecule is COc1cc(CCN)cc(Cl)c1OCC(F)F. The maximum absolute atomic E-state index is 12.1. The highest BCUT2D eigenvalue weighted by Crippen LogP contribution is 2.36. The van der Waals surface area contributed by atoms with Crippen molar-refractivity contribution >= 4 is 11.6 Å². The Morgan fingerprint density at radius 3 is 2.65 bits per heavy atom. The first-order valence-corrected chi connectivity index (χ1v) is 5.43. The van der Waals surface area contributed by atoms with Crippen LogP contribution in [-0.2, 0) is 6.42 Å². The molecule has 0 bridgehead atoms. The molecule has 0 fully saturated rings. The molecule has 0 unspecified atom stereocenters. The van der Waals surface area contributed by atoms with Crippen molar-refractivity contribution in [2.75, 3.05) is 20.3 Å². The Hall–Kier alpha value is -1.07. The average Bonchev–Trinajstić information content (AvgIpc) is 2.27.